The fraction of sp³-hybridized carbons (Fsp3) is 0.231. The fourth-order valence-electron chi connectivity index (χ4n) is 2.12. The van der Waals surface area contributed by atoms with E-state index in [0.29, 0.717) is 30.7 Å². The number of hydrogen-bond donors (Lipinski definition) is 0. The molecule has 0 radical (unpaired) electrons. The Morgan fingerprint density at radius 2 is 1.79 bits per heavy atom. The third-order valence-electron chi connectivity index (χ3n) is 2.99. The van der Waals surface area contributed by atoms with Gasteiger partial charge in [-0.2, -0.15) is 0 Å². The molecule has 6 heteroatoms. The van der Waals surface area contributed by atoms with Crippen LogP contribution in [0.3, 0.4) is 0 Å². The highest BCUT2D eigenvalue weighted by molar-refractivity contribution is 7.15. The Kier molecular flexibility index (Phi) is 2.89. The van der Waals surface area contributed by atoms with E-state index < -0.39 is 17.5 Å². The smallest absolute Gasteiger partial charge is 0.182 e. The number of aromatic nitrogens is 1. The average Bonchev–Trinajstić information content (AvgIpc) is 2.72. The summed E-state index contributed by atoms with van der Waals surface area (Å²) in [7, 11) is 0. The maximum atomic E-state index is 13.7. The van der Waals surface area contributed by atoms with Crippen LogP contribution in [0, 0.1) is 17.5 Å². The molecule has 0 bridgehead atoms. The van der Waals surface area contributed by atoms with Gasteiger partial charge in [0.15, 0.2) is 5.78 Å². The van der Waals surface area contributed by atoms with Crippen molar-refractivity contribution in [2.75, 3.05) is 0 Å². The van der Waals surface area contributed by atoms with Gasteiger partial charge in [0, 0.05) is 23.4 Å². The van der Waals surface area contributed by atoms with E-state index in [9.17, 15) is 18.0 Å². The van der Waals surface area contributed by atoms with E-state index in [-0.39, 0.29) is 16.4 Å². The minimum absolute atomic E-state index is 0.0928. The van der Waals surface area contributed by atoms with Gasteiger partial charge < -0.3 is 0 Å². The molecule has 1 aromatic carbocycles. The number of Topliss-reactive ketones (excluding diaryl/α,β-unsaturated/α-hetero) is 1. The zero-order chi connectivity index (χ0) is 13.6. The Balaban J connectivity index is 2.16. The SMILES string of the molecule is O=C1CCCc2sc(-c3c(F)cc(F)cc3F)nc21. The van der Waals surface area contributed by atoms with Gasteiger partial charge in [0.2, 0.25) is 0 Å². The quantitative estimate of drug-likeness (QED) is 0.798. The maximum absolute atomic E-state index is 13.7. The lowest BCUT2D eigenvalue weighted by Crippen LogP contribution is -2.08. The minimum Gasteiger partial charge on any atom is -0.292 e. The number of hydrogen-bond acceptors (Lipinski definition) is 3. The standard InChI is InChI=1S/C13H8F3NOS/c14-6-4-7(15)11(8(16)5-6)13-17-12-9(18)2-1-3-10(12)19-13/h4-5H,1-3H2. The van der Waals surface area contributed by atoms with E-state index in [0.717, 1.165) is 22.6 Å². The molecule has 1 heterocycles. The van der Waals surface area contributed by atoms with Crippen LogP contribution in [0.5, 0.6) is 0 Å². The molecule has 0 fully saturated rings. The van der Waals surface area contributed by atoms with Gasteiger partial charge >= 0.3 is 0 Å². The Morgan fingerprint density at radius 3 is 2.42 bits per heavy atom. The Labute approximate surface area is 110 Å². The van der Waals surface area contributed by atoms with E-state index in [1.54, 1.807) is 0 Å². The molecule has 2 nitrogen and oxygen atoms in total. The van der Waals surface area contributed by atoms with E-state index in [1.165, 1.54) is 0 Å². The van der Waals surface area contributed by atoms with Crippen molar-refractivity contribution >= 4 is 17.1 Å². The minimum atomic E-state index is -1.00. The summed E-state index contributed by atoms with van der Waals surface area (Å²) in [6.07, 6.45) is 1.82. The number of ketones is 1. The van der Waals surface area contributed by atoms with Crippen LogP contribution >= 0.6 is 11.3 Å². The Hall–Kier alpha value is -1.69. The van der Waals surface area contributed by atoms with E-state index in [4.69, 9.17) is 0 Å². The van der Waals surface area contributed by atoms with Crippen molar-refractivity contribution in [1.29, 1.82) is 0 Å². The van der Waals surface area contributed by atoms with Crippen LogP contribution in [-0.4, -0.2) is 10.8 Å². The molecular weight excluding hydrogens is 275 g/mol. The number of nitrogens with zero attached hydrogens (tertiary/aromatic N) is 1. The lowest BCUT2D eigenvalue weighted by Gasteiger charge is -2.06. The summed E-state index contributed by atoms with van der Waals surface area (Å²) in [6.45, 7) is 0. The number of carbonyl (C=O) groups is 1. The first-order valence-corrected chi connectivity index (χ1v) is 6.55. The second-order valence-corrected chi connectivity index (χ2v) is 5.40. The number of benzene rings is 1. The molecule has 1 aliphatic carbocycles. The number of thiazole rings is 1. The van der Waals surface area contributed by atoms with Crippen LogP contribution in [0.1, 0.15) is 28.2 Å². The fourth-order valence-corrected chi connectivity index (χ4v) is 3.29. The third kappa shape index (κ3) is 2.06. The number of carbonyl (C=O) groups excluding carboxylic acids is 1. The molecule has 0 atom stereocenters. The Morgan fingerprint density at radius 1 is 1.11 bits per heavy atom. The highest BCUT2D eigenvalue weighted by Crippen LogP contribution is 2.35. The van der Waals surface area contributed by atoms with Crippen molar-refractivity contribution in [2.24, 2.45) is 0 Å². The summed E-state index contributed by atoms with van der Waals surface area (Å²) in [6, 6.07) is 1.22. The number of halogens is 3. The van der Waals surface area contributed by atoms with Crippen LogP contribution in [0.2, 0.25) is 0 Å². The summed E-state index contributed by atoms with van der Waals surface area (Å²) in [5.74, 6) is -3.09. The summed E-state index contributed by atoms with van der Waals surface area (Å²) in [5, 5.41) is 0.0928. The largest absolute Gasteiger partial charge is 0.292 e. The van der Waals surface area contributed by atoms with E-state index in [1.807, 2.05) is 0 Å². The predicted octanol–water partition coefficient (Wildman–Crippen LogP) is 3.75. The Bertz CT molecular complexity index is 658. The zero-order valence-electron chi connectivity index (χ0n) is 9.67. The van der Waals surface area contributed by atoms with Crippen LogP contribution in [0.25, 0.3) is 10.6 Å². The average molecular weight is 283 g/mol. The van der Waals surface area contributed by atoms with Crippen molar-refractivity contribution in [3.63, 3.8) is 0 Å². The normalized spacial score (nSPS) is 14.6. The van der Waals surface area contributed by atoms with Crippen molar-refractivity contribution in [2.45, 2.75) is 19.3 Å². The van der Waals surface area contributed by atoms with Crippen LogP contribution in [0.4, 0.5) is 13.2 Å². The third-order valence-corrected chi connectivity index (χ3v) is 4.12. The van der Waals surface area contributed by atoms with Gasteiger partial charge in [-0.15, -0.1) is 11.3 Å². The molecule has 1 aliphatic rings. The highest BCUT2D eigenvalue weighted by Gasteiger charge is 2.25. The second kappa shape index (κ2) is 4.45. The van der Waals surface area contributed by atoms with Crippen LogP contribution in [-0.2, 0) is 6.42 Å². The van der Waals surface area contributed by atoms with Crippen molar-refractivity contribution in [3.05, 3.63) is 40.2 Å². The number of rotatable bonds is 1. The van der Waals surface area contributed by atoms with Crippen molar-refractivity contribution in [3.8, 4) is 10.6 Å². The number of fused-ring (bicyclic) bond motifs is 1. The van der Waals surface area contributed by atoms with E-state index >= 15 is 0 Å². The molecule has 0 saturated carbocycles. The van der Waals surface area contributed by atoms with Crippen molar-refractivity contribution < 1.29 is 18.0 Å². The highest BCUT2D eigenvalue weighted by atomic mass is 32.1. The molecule has 2 aromatic rings. The van der Waals surface area contributed by atoms with Crippen molar-refractivity contribution in [1.82, 2.24) is 4.98 Å². The molecule has 3 rings (SSSR count). The van der Waals surface area contributed by atoms with Crippen LogP contribution < -0.4 is 0 Å². The second-order valence-electron chi connectivity index (χ2n) is 4.31. The zero-order valence-corrected chi connectivity index (χ0v) is 10.5. The molecule has 0 unspecified atom stereocenters. The molecule has 0 spiro atoms. The molecular formula is C13H8F3NOS. The monoisotopic (exact) mass is 283 g/mol. The van der Waals surface area contributed by atoms with Gasteiger partial charge in [-0.05, 0) is 12.8 Å². The number of aryl methyl sites for hydroxylation is 1. The van der Waals surface area contributed by atoms with Crippen LogP contribution in [0.15, 0.2) is 12.1 Å². The molecule has 1 aromatic heterocycles. The lowest BCUT2D eigenvalue weighted by molar-refractivity contribution is 0.0968. The predicted molar refractivity (Wildman–Crippen MR) is 64.7 cm³/mol. The van der Waals surface area contributed by atoms with Gasteiger partial charge in [0.05, 0.1) is 5.56 Å². The first kappa shape index (κ1) is 12.3. The molecule has 0 N–H and O–H groups in total. The summed E-state index contributed by atoms with van der Waals surface area (Å²) in [4.78, 5) is 16.4. The van der Waals surface area contributed by atoms with Gasteiger partial charge in [0.25, 0.3) is 0 Å². The van der Waals surface area contributed by atoms with Gasteiger partial charge in [-0.1, -0.05) is 0 Å². The first-order valence-electron chi connectivity index (χ1n) is 5.74. The van der Waals surface area contributed by atoms with Gasteiger partial charge in [0.1, 0.15) is 28.2 Å². The first-order chi connectivity index (χ1) is 9.06. The van der Waals surface area contributed by atoms with Gasteiger partial charge in [-0.25, -0.2) is 18.2 Å². The molecule has 19 heavy (non-hydrogen) atoms. The molecule has 98 valence electrons. The summed E-state index contributed by atoms with van der Waals surface area (Å²) < 4.78 is 40.2. The van der Waals surface area contributed by atoms with E-state index in [2.05, 4.69) is 4.98 Å². The summed E-state index contributed by atoms with van der Waals surface area (Å²) >= 11 is 1.09. The molecule has 0 aliphatic heterocycles. The molecule has 0 amide bonds. The topological polar surface area (TPSA) is 30.0 Å². The van der Waals surface area contributed by atoms with Gasteiger partial charge in [-0.3, -0.25) is 4.79 Å². The maximum Gasteiger partial charge on any atom is 0.182 e. The summed E-state index contributed by atoms with van der Waals surface area (Å²) in [5.41, 5.74) is -0.0667. The lowest BCUT2D eigenvalue weighted by atomic mass is 10.0. The molecule has 0 saturated heterocycles.